The van der Waals surface area contributed by atoms with Crippen LogP contribution < -0.4 is 5.32 Å². The van der Waals surface area contributed by atoms with E-state index in [9.17, 15) is 0 Å². The summed E-state index contributed by atoms with van der Waals surface area (Å²) in [5, 5.41) is 11.3. The molecular weight excluding hydrogens is 629 g/mol. The molecule has 1 unspecified atom stereocenters. The van der Waals surface area contributed by atoms with Crippen molar-refractivity contribution >= 4 is 81.3 Å². The van der Waals surface area contributed by atoms with Crippen LogP contribution in [0.2, 0.25) is 0 Å². The molecule has 1 aliphatic rings. The van der Waals surface area contributed by atoms with Gasteiger partial charge in [0.05, 0.1) is 16.6 Å². The quantitative estimate of drug-likeness (QED) is 0.201. The third-order valence-electron chi connectivity index (χ3n) is 10.2. The van der Waals surface area contributed by atoms with E-state index in [2.05, 4.69) is 155 Å². The first-order chi connectivity index (χ1) is 24.8. The molecule has 11 rings (SSSR count). The minimum absolute atomic E-state index is 0.297. The molecule has 50 heavy (non-hydrogen) atoms. The molecule has 1 atom stereocenters. The monoisotopic (exact) mass is 656 g/mol. The van der Waals surface area contributed by atoms with Crippen LogP contribution in [0.15, 0.2) is 168 Å². The van der Waals surface area contributed by atoms with E-state index in [0.717, 1.165) is 28.4 Å². The van der Waals surface area contributed by atoms with Gasteiger partial charge in [0.15, 0.2) is 5.84 Å². The van der Waals surface area contributed by atoms with Gasteiger partial charge in [0.1, 0.15) is 12.0 Å². The van der Waals surface area contributed by atoms with Crippen LogP contribution in [0.25, 0.3) is 69.4 Å². The summed E-state index contributed by atoms with van der Waals surface area (Å²) >= 11 is 1.86. The Morgan fingerprint density at radius 1 is 0.540 bits per heavy atom. The molecule has 3 aromatic heterocycles. The fourth-order valence-electron chi connectivity index (χ4n) is 8.00. The van der Waals surface area contributed by atoms with E-state index >= 15 is 0 Å². The number of amidine groups is 2. The van der Waals surface area contributed by atoms with Gasteiger partial charge >= 0.3 is 0 Å². The first-order valence-electron chi connectivity index (χ1n) is 17.0. The van der Waals surface area contributed by atoms with Crippen LogP contribution in [0.4, 0.5) is 0 Å². The fraction of sp³-hybridized carbons (Fsp3) is 0.0222. The average Bonchev–Trinajstić information content (AvgIpc) is 3.84. The summed E-state index contributed by atoms with van der Waals surface area (Å²) in [4.78, 5) is 10.5. The molecule has 234 valence electrons. The van der Waals surface area contributed by atoms with Crippen molar-refractivity contribution < 1.29 is 0 Å². The number of para-hydroxylation sites is 2. The Labute approximate surface area is 291 Å². The minimum Gasteiger partial charge on any atom is -0.344 e. The number of hydrogen-bond acceptors (Lipinski definition) is 4. The largest absolute Gasteiger partial charge is 0.344 e. The lowest BCUT2D eigenvalue weighted by Crippen LogP contribution is -2.34. The highest BCUT2D eigenvalue weighted by molar-refractivity contribution is 7.25. The summed E-state index contributed by atoms with van der Waals surface area (Å²) in [7, 11) is 0. The van der Waals surface area contributed by atoms with Crippen molar-refractivity contribution in [1.82, 2.24) is 9.72 Å². The van der Waals surface area contributed by atoms with Gasteiger partial charge in [-0.3, -0.25) is 0 Å². The van der Waals surface area contributed by atoms with Gasteiger partial charge in [-0.25, -0.2) is 9.98 Å². The Hall–Kier alpha value is -6.30. The standard InChI is InChI=1S/C45H28N4S/c1-3-13-27(14-4-1)43-46-44(28-15-5-2-6-16-28)48-45(47-43)35-26-34-30-17-7-10-20-36(30)49-37-21-11-8-19-33(37)41(42(34)49)40(35)29-23-24-32-31-18-9-12-22-38(31)50-39(32)25-29/h1-26,43H,(H,46,47,48). The lowest BCUT2D eigenvalue weighted by molar-refractivity contribution is 0.674. The molecule has 7 aromatic carbocycles. The van der Waals surface area contributed by atoms with Crippen LogP contribution in [0.1, 0.15) is 22.9 Å². The summed E-state index contributed by atoms with van der Waals surface area (Å²) in [5.74, 6) is 1.54. The number of aliphatic imine (C=N–C) groups is 2. The van der Waals surface area contributed by atoms with Crippen molar-refractivity contribution in [3.63, 3.8) is 0 Å². The lowest BCUT2D eigenvalue weighted by Gasteiger charge is -2.25. The number of nitrogens with zero attached hydrogens (tertiary/aromatic N) is 3. The smallest absolute Gasteiger partial charge is 0.159 e. The maximum Gasteiger partial charge on any atom is 0.159 e. The van der Waals surface area contributed by atoms with Gasteiger partial charge in [0.25, 0.3) is 0 Å². The van der Waals surface area contributed by atoms with Crippen molar-refractivity contribution in [2.45, 2.75) is 6.17 Å². The molecule has 0 spiro atoms. The molecular formula is C45H28N4S. The van der Waals surface area contributed by atoms with Crippen molar-refractivity contribution in [2.75, 3.05) is 0 Å². The Morgan fingerprint density at radius 2 is 1.20 bits per heavy atom. The molecule has 0 bridgehead atoms. The molecule has 0 aliphatic carbocycles. The van der Waals surface area contributed by atoms with Crippen molar-refractivity contribution in [3.05, 3.63) is 174 Å². The highest BCUT2D eigenvalue weighted by Gasteiger charge is 2.28. The summed E-state index contributed by atoms with van der Waals surface area (Å²) in [6.45, 7) is 0. The van der Waals surface area contributed by atoms with Gasteiger partial charge < -0.3 is 9.72 Å². The number of aromatic nitrogens is 1. The van der Waals surface area contributed by atoms with Crippen LogP contribution in [-0.4, -0.2) is 16.1 Å². The zero-order valence-corrected chi connectivity index (χ0v) is 27.7. The van der Waals surface area contributed by atoms with E-state index < -0.39 is 0 Å². The zero-order valence-electron chi connectivity index (χ0n) is 26.8. The third-order valence-corrected chi connectivity index (χ3v) is 11.3. The molecule has 0 saturated carbocycles. The molecule has 4 heterocycles. The van der Waals surface area contributed by atoms with Gasteiger partial charge in [0.2, 0.25) is 0 Å². The first-order valence-corrected chi connectivity index (χ1v) is 17.8. The number of hydrogen-bond donors (Lipinski definition) is 1. The van der Waals surface area contributed by atoms with E-state index in [1.165, 1.54) is 69.4 Å². The predicted molar refractivity (Wildman–Crippen MR) is 211 cm³/mol. The van der Waals surface area contributed by atoms with Crippen molar-refractivity contribution in [3.8, 4) is 11.1 Å². The third kappa shape index (κ3) is 3.98. The van der Waals surface area contributed by atoms with E-state index in [1.54, 1.807) is 0 Å². The highest BCUT2D eigenvalue weighted by Crippen LogP contribution is 2.47. The van der Waals surface area contributed by atoms with Gasteiger partial charge in [-0.05, 0) is 41.5 Å². The average molecular weight is 657 g/mol. The number of benzene rings is 7. The number of nitrogens with one attached hydrogen (secondary N) is 1. The molecule has 0 saturated heterocycles. The second kappa shape index (κ2) is 10.6. The van der Waals surface area contributed by atoms with E-state index in [-0.39, 0.29) is 6.17 Å². The first kappa shape index (κ1) is 27.6. The molecule has 5 heteroatoms. The Kier molecular flexibility index (Phi) is 5.86. The Balaban J connectivity index is 1.27. The maximum atomic E-state index is 5.35. The molecule has 10 aromatic rings. The van der Waals surface area contributed by atoms with Crippen LogP contribution in [-0.2, 0) is 0 Å². The lowest BCUT2D eigenvalue weighted by atomic mass is 9.91. The van der Waals surface area contributed by atoms with Gasteiger partial charge in [-0.2, -0.15) is 0 Å². The van der Waals surface area contributed by atoms with Gasteiger partial charge in [-0.1, -0.05) is 127 Å². The Morgan fingerprint density at radius 3 is 2.02 bits per heavy atom. The minimum atomic E-state index is -0.297. The molecule has 0 fully saturated rings. The van der Waals surface area contributed by atoms with E-state index in [0.29, 0.717) is 0 Å². The summed E-state index contributed by atoms with van der Waals surface area (Å²) in [6, 6.07) is 56.5. The van der Waals surface area contributed by atoms with E-state index in [1.807, 2.05) is 23.5 Å². The summed E-state index contributed by atoms with van der Waals surface area (Å²) in [5.41, 5.74) is 9.17. The van der Waals surface area contributed by atoms with Gasteiger partial charge in [0, 0.05) is 58.4 Å². The van der Waals surface area contributed by atoms with E-state index in [4.69, 9.17) is 9.98 Å². The zero-order chi connectivity index (χ0) is 32.8. The second-order valence-corrected chi connectivity index (χ2v) is 14.1. The topological polar surface area (TPSA) is 41.2 Å². The number of thiophene rings is 1. The van der Waals surface area contributed by atoms with Gasteiger partial charge in [-0.15, -0.1) is 11.3 Å². The normalized spacial score (nSPS) is 15.0. The van der Waals surface area contributed by atoms with Crippen molar-refractivity contribution in [1.29, 1.82) is 0 Å². The Bertz CT molecular complexity index is 3010. The molecule has 4 nitrogen and oxygen atoms in total. The maximum absolute atomic E-state index is 5.35. The number of rotatable bonds is 4. The molecule has 0 radical (unpaired) electrons. The molecule has 1 N–H and O–H groups in total. The SMILES string of the molecule is c1ccc(C2=NC(c3ccccc3)NC(c3cc4c5ccccc5n5c6ccccc6c(c3-c3ccc6c(c3)sc3ccccc36)c45)=N2)cc1. The summed E-state index contributed by atoms with van der Waals surface area (Å²) in [6.07, 6.45) is -0.297. The molecule has 1 aliphatic heterocycles. The molecule has 0 amide bonds. The second-order valence-electron chi connectivity index (χ2n) is 13.0. The van der Waals surface area contributed by atoms with Crippen LogP contribution in [0, 0.1) is 0 Å². The highest BCUT2D eigenvalue weighted by atomic mass is 32.1. The van der Waals surface area contributed by atoms with Crippen LogP contribution in [0.3, 0.4) is 0 Å². The number of fused-ring (bicyclic) bond motifs is 9. The summed E-state index contributed by atoms with van der Waals surface area (Å²) < 4.78 is 5.04. The predicted octanol–water partition coefficient (Wildman–Crippen LogP) is 11.4. The van der Waals surface area contributed by atoms with Crippen molar-refractivity contribution in [2.24, 2.45) is 9.98 Å². The van der Waals surface area contributed by atoms with Crippen LogP contribution >= 0.6 is 11.3 Å². The van der Waals surface area contributed by atoms with Crippen LogP contribution in [0.5, 0.6) is 0 Å². The fourth-order valence-corrected chi connectivity index (χ4v) is 9.14.